The fraction of sp³-hybridized carbons (Fsp3) is 0.895. The first-order valence-electron chi connectivity index (χ1n) is 9.68. The van der Waals surface area contributed by atoms with Crippen LogP contribution in [-0.4, -0.2) is 59.9 Å². The molecular weight excluding hydrogens is 302 g/mol. The Kier molecular flexibility index (Phi) is 5.19. The number of carbonyl (C=O) groups is 2. The quantitative estimate of drug-likeness (QED) is 0.858. The van der Waals surface area contributed by atoms with Crippen molar-refractivity contribution in [1.82, 2.24) is 15.1 Å². The van der Waals surface area contributed by atoms with Gasteiger partial charge in [-0.3, -0.25) is 14.5 Å². The van der Waals surface area contributed by atoms with Crippen molar-refractivity contribution in [2.45, 2.75) is 71.4 Å². The van der Waals surface area contributed by atoms with Gasteiger partial charge in [-0.25, -0.2) is 0 Å². The fourth-order valence-corrected chi connectivity index (χ4v) is 4.01. The molecule has 136 valence electrons. The van der Waals surface area contributed by atoms with E-state index in [0.717, 1.165) is 64.7 Å². The lowest BCUT2D eigenvalue weighted by Crippen LogP contribution is -2.52. The molecule has 5 heteroatoms. The summed E-state index contributed by atoms with van der Waals surface area (Å²) >= 11 is 0. The summed E-state index contributed by atoms with van der Waals surface area (Å²) in [6.45, 7) is 9.70. The highest BCUT2D eigenvalue weighted by molar-refractivity contribution is 5.81. The Morgan fingerprint density at radius 3 is 2.21 bits per heavy atom. The van der Waals surface area contributed by atoms with E-state index in [0.29, 0.717) is 12.1 Å². The zero-order valence-electron chi connectivity index (χ0n) is 15.5. The number of likely N-dealkylation sites (tertiary alicyclic amines) is 2. The summed E-state index contributed by atoms with van der Waals surface area (Å²) in [6.07, 6.45) is 6.53. The average molecular weight is 335 g/mol. The van der Waals surface area contributed by atoms with Crippen molar-refractivity contribution in [3.63, 3.8) is 0 Å². The Balaban J connectivity index is 1.48. The molecule has 1 aliphatic carbocycles. The number of rotatable bonds is 3. The number of nitrogens with one attached hydrogen (secondary N) is 1. The first-order chi connectivity index (χ1) is 11.3. The zero-order valence-corrected chi connectivity index (χ0v) is 15.5. The van der Waals surface area contributed by atoms with E-state index in [-0.39, 0.29) is 23.1 Å². The second-order valence-electron chi connectivity index (χ2n) is 8.89. The summed E-state index contributed by atoms with van der Waals surface area (Å²) in [4.78, 5) is 29.3. The van der Waals surface area contributed by atoms with Gasteiger partial charge < -0.3 is 10.2 Å². The topological polar surface area (TPSA) is 52.7 Å². The first kappa shape index (κ1) is 17.7. The van der Waals surface area contributed by atoms with Crippen LogP contribution in [0.15, 0.2) is 0 Å². The lowest BCUT2D eigenvalue weighted by atomic mass is 9.91. The van der Waals surface area contributed by atoms with Gasteiger partial charge in [0.15, 0.2) is 0 Å². The second kappa shape index (κ2) is 7.03. The summed E-state index contributed by atoms with van der Waals surface area (Å²) in [5, 5.41) is 3.17. The minimum atomic E-state index is -0.288. The standard InChI is InChI=1S/C19H33N3O2/c1-19(2,3)18(24)21-11-8-16(9-12-21)22-10-4-5-14(13-22)17(23)20-15-6-7-15/h14-16H,4-13H2,1-3H3,(H,20,23). The maximum atomic E-state index is 12.4. The van der Waals surface area contributed by atoms with E-state index < -0.39 is 0 Å². The van der Waals surface area contributed by atoms with Crippen molar-refractivity contribution in [3.05, 3.63) is 0 Å². The molecule has 2 amide bonds. The van der Waals surface area contributed by atoms with Crippen molar-refractivity contribution < 1.29 is 9.59 Å². The van der Waals surface area contributed by atoms with Gasteiger partial charge in [0.25, 0.3) is 0 Å². The van der Waals surface area contributed by atoms with Crippen LogP contribution in [0.25, 0.3) is 0 Å². The lowest BCUT2D eigenvalue weighted by Gasteiger charge is -2.43. The van der Waals surface area contributed by atoms with Crippen molar-refractivity contribution in [2.24, 2.45) is 11.3 Å². The number of carbonyl (C=O) groups excluding carboxylic acids is 2. The van der Waals surface area contributed by atoms with Crippen molar-refractivity contribution in [2.75, 3.05) is 26.2 Å². The van der Waals surface area contributed by atoms with Crippen molar-refractivity contribution in [1.29, 1.82) is 0 Å². The molecule has 0 radical (unpaired) electrons. The summed E-state index contributed by atoms with van der Waals surface area (Å²) < 4.78 is 0. The van der Waals surface area contributed by atoms with E-state index in [4.69, 9.17) is 0 Å². The van der Waals surface area contributed by atoms with Crippen LogP contribution >= 0.6 is 0 Å². The summed E-state index contributed by atoms with van der Waals surface area (Å²) in [6, 6.07) is 0.991. The summed E-state index contributed by atoms with van der Waals surface area (Å²) in [7, 11) is 0. The molecule has 0 bridgehead atoms. The molecule has 1 N–H and O–H groups in total. The van der Waals surface area contributed by atoms with Gasteiger partial charge in [0.1, 0.15) is 0 Å². The van der Waals surface area contributed by atoms with E-state index in [1.165, 1.54) is 0 Å². The molecule has 2 aliphatic heterocycles. The van der Waals surface area contributed by atoms with Crippen molar-refractivity contribution in [3.8, 4) is 0 Å². The molecule has 1 saturated carbocycles. The van der Waals surface area contributed by atoms with E-state index in [1.54, 1.807) is 0 Å². The van der Waals surface area contributed by atoms with Gasteiger partial charge in [-0.1, -0.05) is 20.8 Å². The molecule has 3 fully saturated rings. The van der Waals surface area contributed by atoms with Gasteiger partial charge in [0.2, 0.25) is 11.8 Å². The molecule has 0 aromatic rings. The Hall–Kier alpha value is -1.10. The highest BCUT2D eigenvalue weighted by Gasteiger charge is 2.35. The number of amides is 2. The molecule has 5 nitrogen and oxygen atoms in total. The molecule has 3 rings (SSSR count). The highest BCUT2D eigenvalue weighted by atomic mass is 16.2. The van der Waals surface area contributed by atoms with Crippen LogP contribution in [0.1, 0.15) is 59.3 Å². The van der Waals surface area contributed by atoms with Crippen LogP contribution < -0.4 is 5.32 Å². The molecule has 2 heterocycles. The largest absolute Gasteiger partial charge is 0.353 e. The molecule has 3 aliphatic rings. The number of hydrogen-bond donors (Lipinski definition) is 1. The maximum Gasteiger partial charge on any atom is 0.227 e. The lowest BCUT2D eigenvalue weighted by molar-refractivity contribution is -0.141. The van der Waals surface area contributed by atoms with Gasteiger partial charge in [0, 0.05) is 37.1 Å². The summed E-state index contributed by atoms with van der Waals surface area (Å²) in [5.41, 5.74) is -0.288. The smallest absolute Gasteiger partial charge is 0.227 e. The van der Waals surface area contributed by atoms with Crippen molar-refractivity contribution >= 4 is 11.8 Å². The fourth-order valence-electron chi connectivity index (χ4n) is 4.01. The summed E-state index contributed by atoms with van der Waals surface area (Å²) in [5.74, 6) is 0.692. The zero-order chi connectivity index (χ0) is 17.3. The number of nitrogens with zero attached hydrogens (tertiary/aromatic N) is 2. The SMILES string of the molecule is CC(C)(C)C(=O)N1CCC(N2CCCC(C(=O)NC3CC3)C2)CC1. The van der Waals surface area contributed by atoms with Crippen LogP contribution in [0.2, 0.25) is 0 Å². The highest BCUT2D eigenvalue weighted by Crippen LogP contribution is 2.27. The Labute approximate surface area is 146 Å². The van der Waals surface area contributed by atoms with Crippen LogP contribution in [0, 0.1) is 11.3 Å². The van der Waals surface area contributed by atoms with E-state index >= 15 is 0 Å². The molecule has 0 spiro atoms. The van der Waals surface area contributed by atoms with Gasteiger partial charge in [-0.05, 0) is 45.1 Å². The molecule has 1 unspecified atom stereocenters. The normalized spacial score (nSPS) is 27.1. The predicted molar refractivity (Wildman–Crippen MR) is 94.5 cm³/mol. The van der Waals surface area contributed by atoms with Crippen LogP contribution in [0.3, 0.4) is 0 Å². The minimum Gasteiger partial charge on any atom is -0.353 e. The molecule has 0 aromatic carbocycles. The van der Waals surface area contributed by atoms with Gasteiger partial charge >= 0.3 is 0 Å². The monoisotopic (exact) mass is 335 g/mol. The van der Waals surface area contributed by atoms with Crippen LogP contribution in [0.4, 0.5) is 0 Å². The Bertz CT molecular complexity index is 473. The second-order valence-corrected chi connectivity index (χ2v) is 8.89. The van der Waals surface area contributed by atoms with Crippen LogP contribution in [0.5, 0.6) is 0 Å². The maximum absolute atomic E-state index is 12.4. The number of hydrogen-bond acceptors (Lipinski definition) is 3. The average Bonchev–Trinajstić information content (AvgIpc) is 3.37. The molecule has 24 heavy (non-hydrogen) atoms. The Morgan fingerprint density at radius 2 is 1.62 bits per heavy atom. The van der Waals surface area contributed by atoms with E-state index in [2.05, 4.69) is 10.2 Å². The third kappa shape index (κ3) is 4.29. The molecule has 1 atom stereocenters. The molecule has 2 saturated heterocycles. The van der Waals surface area contributed by atoms with Gasteiger partial charge in [-0.15, -0.1) is 0 Å². The molecule has 0 aromatic heterocycles. The predicted octanol–water partition coefficient (Wildman–Crippen LogP) is 2.01. The number of piperidine rings is 2. The molecular formula is C19H33N3O2. The van der Waals surface area contributed by atoms with E-state index in [1.807, 2.05) is 25.7 Å². The van der Waals surface area contributed by atoms with E-state index in [9.17, 15) is 9.59 Å². The van der Waals surface area contributed by atoms with Crippen LogP contribution in [-0.2, 0) is 9.59 Å². The first-order valence-corrected chi connectivity index (χ1v) is 9.68. The third-order valence-corrected chi connectivity index (χ3v) is 5.66. The van der Waals surface area contributed by atoms with Gasteiger partial charge in [-0.2, -0.15) is 0 Å². The third-order valence-electron chi connectivity index (χ3n) is 5.66. The minimum absolute atomic E-state index is 0.161. The Morgan fingerprint density at radius 1 is 0.958 bits per heavy atom. The van der Waals surface area contributed by atoms with Gasteiger partial charge in [0.05, 0.1) is 5.92 Å².